The Morgan fingerprint density at radius 2 is 2.11 bits per heavy atom. The summed E-state index contributed by atoms with van der Waals surface area (Å²) in [7, 11) is 1.32. The van der Waals surface area contributed by atoms with Crippen LogP contribution in [0.3, 0.4) is 0 Å². The van der Waals surface area contributed by atoms with Crippen molar-refractivity contribution >= 4 is 11.6 Å². The van der Waals surface area contributed by atoms with E-state index in [9.17, 15) is 13.2 Å². The van der Waals surface area contributed by atoms with Gasteiger partial charge in [0.1, 0.15) is 0 Å². The molecule has 0 radical (unpaired) electrons. The lowest BCUT2D eigenvalue weighted by Crippen LogP contribution is -2.13. The summed E-state index contributed by atoms with van der Waals surface area (Å²) in [6.45, 7) is 0. The molecule has 0 aliphatic heterocycles. The molecule has 2 heterocycles. The zero-order valence-electron chi connectivity index (χ0n) is 10.0. The largest absolute Gasteiger partial charge is 0.481 e. The number of nitrogen functional groups attached to an aromatic ring is 1. The third-order valence-electron chi connectivity index (χ3n) is 3.12. The van der Waals surface area contributed by atoms with Crippen molar-refractivity contribution in [3.8, 4) is 5.88 Å². The molecular weight excluding hydrogens is 261 g/mol. The van der Waals surface area contributed by atoms with E-state index in [4.69, 9.17) is 10.5 Å². The molecule has 0 saturated heterocycles. The molecule has 1 aliphatic rings. The maximum atomic E-state index is 13.1. The minimum atomic E-state index is -4.45. The predicted molar refractivity (Wildman–Crippen MR) is 60.9 cm³/mol. The summed E-state index contributed by atoms with van der Waals surface area (Å²) < 4.78 is 45.8. The van der Waals surface area contributed by atoms with E-state index in [0.29, 0.717) is 0 Å². The van der Waals surface area contributed by atoms with Gasteiger partial charge in [-0.25, -0.2) is 0 Å². The number of hydrogen-bond acceptors (Lipinski definition) is 4. The maximum absolute atomic E-state index is 13.1. The summed E-state index contributed by atoms with van der Waals surface area (Å²) in [5, 5.41) is 3.87. The van der Waals surface area contributed by atoms with Crippen LogP contribution >= 0.6 is 0 Å². The van der Waals surface area contributed by atoms with Gasteiger partial charge in [-0.2, -0.15) is 22.7 Å². The number of fused-ring (bicyclic) bond motifs is 1. The summed E-state index contributed by atoms with van der Waals surface area (Å²) in [5.74, 6) is -0.155. The van der Waals surface area contributed by atoms with Crippen LogP contribution in [-0.4, -0.2) is 21.7 Å². The van der Waals surface area contributed by atoms with Crippen molar-refractivity contribution in [1.29, 1.82) is 0 Å². The second-order valence-corrected chi connectivity index (χ2v) is 4.49. The normalized spacial score (nSPS) is 16.0. The lowest BCUT2D eigenvalue weighted by Gasteiger charge is -2.16. The van der Waals surface area contributed by atoms with Crippen LogP contribution < -0.4 is 10.5 Å². The Labute approximate surface area is 106 Å². The van der Waals surface area contributed by atoms with Gasteiger partial charge in [0.05, 0.1) is 12.7 Å². The molecule has 1 fully saturated rings. The predicted octanol–water partition coefficient (Wildman–Crippen LogP) is 2.22. The van der Waals surface area contributed by atoms with E-state index in [2.05, 4.69) is 10.1 Å². The highest BCUT2D eigenvalue weighted by atomic mass is 19.4. The number of rotatable bonds is 2. The lowest BCUT2D eigenvalue weighted by molar-refractivity contribution is -0.138. The van der Waals surface area contributed by atoms with Crippen LogP contribution in [0.15, 0.2) is 6.07 Å². The number of halogens is 3. The van der Waals surface area contributed by atoms with E-state index >= 15 is 0 Å². The molecule has 0 amide bonds. The second-order valence-electron chi connectivity index (χ2n) is 4.49. The average Bonchev–Trinajstić information content (AvgIpc) is 3.07. The van der Waals surface area contributed by atoms with Crippen molar-refractivity contribution in [2.75, 3.05) is 12.8 Å². The van der Waals surface area contributed by atoms with E-state index in [-0.39, 0.29) is 29.0 Å². The number of ether oxygens (including phenoxy) is 1. The molecule has 5 nitrogen and oxygen atoms in total. The highest BCUT2D eigenvalue weighted by Crippen LogP contribution is 2.49. The molecule has 0 spiro atoms. The molecular formula is C11H11F3N4O. The fourth-order valence-corrected chi connectivity index (χ4v) is 2.22. The van der Waals surface area contributed by atoms with E-state index in [1.807, 2.05) is 0 Å². The number of nitrogens with zero attached hydrogens (tertiary/aromatic N) is 3. The number of nitrogens with two attached hydrogens (primary N) is 1. The summed E-state index contributed by atoms with van der Waals surface area (Å²) in [5.41, 5.74) is 4.90. The molecule has 2 N–H and O–H groups in total. The van der Waals surface area contributed by atoms with Crippen LogP contribution in [0.5, 0.6) is 5.88 Å². The molecule has 102 valence electrons. The van der Waals surface area contributed by atoms with Crippen molar-refractivity contribution in [3.05, 3.63) is 17.2 Å². The van der Waals surface area contributed by atoms with Gasteiger partial charge in [-0.15, -0.1) is 5.10 Å². The standard InChI is InChI=1S/C11H11F3N4O/c1-19-9-8(5-2-3-5)6(11(12,13)14)4-7-16-10(15)17-18(7)9/h4-5H,2-3H2,1H3,(H2,15,17). The number of methoxy groups -OCH3 is 1. The van der Waals surface area contributed by atoms with Crippen molar-refractivity contribution in [1.82, 2.24) is 14.6 Å². The zero-order valence-corrected chi connectivity index (χ0v) is 10.0. The Bertz CT molecular complexity index is 645. The smallest absolute Gasteiger partial charge is 0.417 e. The van der Waals surface area contributed by atoms with Gasteiger partial charge in [-0.05, 0) is 24.8 Å². The minimum absolute atomic E-state index is 0.0334. The second kappa shape index (κ2) is 3.75. The third-order valence-corrected chi connectivity index (χ3v) is 3.12. The molecule has 0 unspecified atom stereocenters. The first-order valence-corrected chi connectivity index (χ1v) is 5.72. The van der Waals surface area contributed by atoms with Crippen LogP contribution in [-0.2, 0) is 6.18 Å². The van der Waals surface area contributed by atoms with E-state index in [1.165, 1.54) is 11.6 Å². The number of aromatic nitrogens is 3. The van der Waals surface area contributed by atoms with Gasteiger partial charge in [0.2, 0.25) is 11.8 Å². The fourth-order valence-electron chi connectivity index (χ4n) is 2.22. The van der Waals surface area contributed by atoms with Gasteiger partial charge >= 0.3 is 6.18 Å². The summed E-state index contributed by atoms with van der Waals surface area (Å²) in [6.07, 6.45) is -3.02. The van der Waals surface area contributed by atoms with Crippen molar-refractivity contribution in [2.24, 2.45) is 0 Å². The van der Waals surface area contributed by atoms with Crippen LogP contribution in [0.4, 0.5) is 19.1 Å². The molecule has 0 atom stereocenters. The van der Waals surface area contributed by atoms with E-state index in [1.54, 1.807) is 0 Å². The van der Waals surface area contributed by atoms with Crippen LogP contribution in [0.2, 0.25) is 0 Å². The van der Waals surface area contributed by atoms with Gasteiger partial charge in [0.25, 0.3) is 0 Å². The summed E-state index contributed by atoms with van der Waals surface area (Å²) in [6, 6.07) is 0.972. The Morgan fingerprint density at radius 3 is 2.63 bits per heavy atom. The van der Waals surface area contributed by atoms with Crippen LogP contribution in [0, 0.1) is 0 Å². The number of hydrogen-bond donors (Lipinski definition) is 1. The fraction of sp³-hybridized carbons (Fsp3) is 0.455. The Balaban J connectivity index is 2.37. The Kier molecular flexibility index (Phi) is 2.38. The van der Waals surface area contributed by atoms with Crippen molar-refractivity contribution < 1.29 is 17.9 Å². The maximum Gasteiger partial charge on any atom is 0.417 e. The van der Waals surface area contributed by atoms with Crippen LogP contribution in [0.1, 0.15) is 29.9 Å². The molecule has 0 aromatic carbocycles. The molecule has 1 aliphatic carbocycles. The molecule has 2 aromatic heterocycles. The topological polar surface area (TPSA) is 65.4 Å². The summed E-state index contributed by atoms with van der Waals surface area (Å²) >= 11 is 0. The molecule has 3 rings (SSSR count). The third kappa shape index (κ3) is 1.87. The van der Waals surface area contributed by atoms with Gasteiger partial charge in [0, 0.05) is 5.56 Å². The minimum Gasteiger partial charge on any atom is -0.481 e. The molecule has 19 heavy (non-hydrogen) atoms. The highest BCUT2D eigenvalue weighted by Gasteiger charge is 2.41. The molecule has 0 bridgehead atoms. The number of alkyl halides is 3. The lowest BCUT2D eigenvalue weighted by atomic mass is 10.0. The van der Waals surface area contributed by atoms with Gasteiger partial charge < -0.3 is 10.5 Å². The number of pyridine rings is 1. The molecule has 1 saturated carbocycles. The average molecular weight is 272 g/mol. The van der Waals surface area contributed by atoms with Gasteiger partial charge in [0.15, 0.2) is 5.65 Å². The van der Waals surface area contributed by atoms with E-state index in [0.717, 1.165) is 18.9 Å². The monoisotopic (exact) mass is 272 g/mol. The van der Waals surface area contributed by atoms with E-state index < -0.39 is 11.7 Å². The molecule has 2 aromatic rings. The summed E-state index contributed by atoms with van der Waals surface area (Å²) in [4.78, 5) is 3.77. The highest BCUT2D eigenvalue weighted by molar-refractivity contribution is 5.55. The first kappa shape index (κ1) is 12.1. The Hall–Kier alpha value is -1.99. The first-order chi connectivity index (χ1) is 8.91. The van der Waals surface area contributed by atoms with Crippen molar-refractivity contribution in [3.63, 3.8) is 0 Å². The quantitative estimate of drug-likeness (QED) is 0.910. The first-order valence-electron chi connectivity index (χ1n) is 5.72. The van der Waals surface area contributed by atoms with Gasteiger partial charge in [-0.3, -0.25) is 0 Å². The molecule has 8 heteroatoms. The Morgan fingerprint density at radius 1 is 1.42 bits per heavy atom. The van der Waals surface area contributed by atoms with Gasteiger partial charge in [-0.1, -0.05) is 0 Å². The van der Waals surface area contributed by atoms with Crippen LogP contribution in [0.25, 0.3) is 5.65 Å². The SMILES string of the molecule is COc1c(C2CC2)c(C(F)(F)F)cc2nc(N)nn12. The zero-order chi connectivity index (χ0) is 13.8. The van der Waals surface area contributed by atoms with Crippen molar-refractivity contribution in [2.45, 2.75) is 24.9 Å². The number of anilines is 1.